The number of hydrogen-bond donors (Lipinski definition) is 1. The van der Waals surface area contributed by atoms with E-state index < -0.39 is 5.97 Å². The lowest BCUT2D eigenvalue weighted by Gasteiger charge is -2.43. The van der Waals surface area contributed by atoms with Crippen molar-refractivity contribution in [2.75, 3.05) is 40.4 Å². The number of aliphatic imine (C=N–C) groups is 1. The summed E-state index contributed by atoms with van der Waals surface area (Å²) in [6, 6.07) is 8.37. The van der Waals surface area contributed by atoms with Gasteiger partial charge < -0.3 is 19.7 Å². The summed E-state index contributed by atoms with van der Waals surface area (Å²) >= 11 is 7.88. The van der Waals surface area contributed by atoms with Gasteiger partial charge in [0.1, 0.15) is 23.9 Å². The number of aryl methyl sites for hydroxylation is 1. The molecule has 45 heavy (non-hydrogen) atoms. The van der Waals surface area contributed by atoms with Crippen LogP contribution < -0.4 is 10.1 Å². The molecule has 0 bridgehead atoms. The fourth-order valence-corrected chi connectivity index (χ4v) is 7.30. The largest absolute Gasteiger partial charge is 0.491 e. The van der Waals surface area contributed by atoms with E-state index in [-0.39, 0.29) is 24.8 Å². The van der Waals surface area contributed by atoms with E-state index in [0.29, 0.717) is 52.8 Å². The van der Waals surface area contributed by atoms with Crippen LogP contribution in [-0.2, 0) is 9.53 Å². The molecule has 240 valence electrons. The van der Waals surface area contributed by atoms with Gasteiger partial charge in [-0.15, -0.1) is 36.2 Å². The molecule has 0 radical (unpaired) electrons. The number of ether oxygens (including phenoxy) is 2. The number of allylic oxidation sites excluding steroid dienone is 2. The van der Waals surface area contributed by atoms with Crippen LogP contribution in [0.15, 0.2) is 51.6 Å². The maximum absolute atomic E-state index is 12.4. The van der Waals surface area contributed by atoms with Crippen LogP contribution in [0.1, 0.15) is 42.2 Å². The maximum atomic E-state index is 12.4. The standard InChI is InChI=1S/C32H34ClN5O4S.2ClH/c1-18-11-24(31-30(35-18)26(17-43-31)32(40)41-4)23-12-20(33)5-8-29(23)42-10-9-38-19(2)36-27-7-6-21(13-25(27)28(38)16-39)37(3)22-14-34-15-22;;/h5,8,11-12,17,21-22,34H,6-7,9-10,13-15H2,1-4H3;2*1H. The van der Waals surface area contributed by atoms with Crippen LogP contribution in [0, 0.1) is 6.92 Å². The number of pyridine rings is 1. The van der Waals surface area contributed by atoms with Crippen LogP contribution in [0.25, 0.3) is 21.3 Å². The number of nitrogens with one attached hydrogen (secondary N) is 1. The van der Waals surface area contributed by atoms with E-state index in [1.54, 1.807) is 11.4 Å². The van der Waals surface area contributed by atoms with Gasteiger partial charge in [0, 0.05) is 63.7 Å². The smallest absolute Gasteiger partial charge is 0.340 e. The van der Waals surface area contributed by atoms with Crippen LogP contribution >= 0.6 is 47.8 Å². The molecule has 3 aliphatic rings. The minimum atomic E-state index is -0.426. The third kappa shape index (κ3) is 6.79. The SMILES string of the molecule is COC(=O)c1csc2c(-c3cc(Cl)ccc3OCCN3C(=C=O)C4=C(CCC(N(C)C5CNC5)C4)N=C3C)cc(C)nc12.Cl.Cl. The highest BCUT2D eigenvalue weighted by Crippen LogP contribution is 2.41. The number of rotatable bonds is 8. The predicted molar refractivity (Wildman–Crippen MR) is 184 cm³/mol. The van der Waals surface area contributed by atoms with Crippen molar-refractivity contribution in [3.63, 3.8) is 0 Å². The third-order valence-electron chi connectivity index (χ3n) is 8.61. The van der Waals surface area contributed by atoms with Crippen molar-refractivity contribution in [3.05, 3.63) is 62.9 Å². The first-order chi connectivity index (χ1) is 20.8. The van der Waals surface area contributed by atoms with Crippen LogP contribution in [-0.4, -0.2) is 85.0 Å². The molecule has 1 aliphatic carbocycles. The van der Waals surface area contributed by atoms with Gasteiger partial charge in [0.25, 0.3) is 0 Å². The second kappa shape index (κ2) is 14.6. The number of likely N-dealkylation sites (N-methyl/N-ethyl adjacent to an activating group) is 1. The van der Waals surface area contributed by atoms with Crippen LogP contribution in [0.3, 0.4) is 0 Å². The van der Waals surface area contributed by atoms with E-state index in [0.717, 1.165) is 71.0 Å². The summed E-state index contributed by atoms with van der Waals surface area (Å²) in [5, 5.41) is 5.68. The lowest BCUT2D eigenvalue weighted by molar-refractivity contribution is 0.0603. The number of benzene rings is 1. The molecule has 1 N–H and O–H groups in total. The number of fused-ring (bicyclic) bond motifs is 1. The Bertz CT molecular complexity index is 1710. The first-order valence-corrected chi connectivity index (χ1v) is 15.7. The van der Waals surface area contributed by atoms with Gasteiger partial charge in [0.05, 0.1) is 29.4 Å². The Morgan fingerprint density at radius 1 is 1.20 bits per heavy atom. The highest BCUT2D eigenvalue weighted by molar-refractivity contribution is 7.18. The summed E-state index contributed by atoms with van der Waals surface area (Å²) in [7, 11) is 3.55. The van der Waals surface area contributed by atoms with E-state index in [4.69, 9.17) is 26.1 Å². The minimum Gasteiger partial charge on any atom is -0.491 e. The number of aromatic nitrogens is 1. The molecule has 6 rings (SSSR count). The summed E-state index contributed by atoms with van der Waals surface area (Å²) in [6.07, 6.45) is 2.67. The quantitative estimate of drug-likeness (QED) is 0.224. The molecule has 1 fully saturated rings. The Labute approximate surface area is 284 Å². The number of halogens is 3. The monoisotopic (exact) mass is 691 g/mol. The zero-order valence-electron chi connectivity index (χ0n) is 25.5. The fraction of sp³-hybridized carbons (Fsp3) is 0.406. The minimum absolute atomic E-state index is 0. The molecule has 0 saturated carbocycles. The van der Waals surface area contributed by atoms with Gasteiger partial charge in [-0.1, -0.05) is 11.6 Å². The molecule has 1 saturated heterocycles. The number of methoxy groups -OCH3 is 1. The Kier molecular flexibility index (Phi) is 11.4. The van der Waals surface area contributed by atoms with E-state index in [1.165, 1.54) is 18.4 Å². The van der Waals surface area contributed by atoms with Crippen LogP contribution in [0.4, 0.5) is 0 Å². The molecule has 1 unspecified atom stereocenters. The molecular weight excluding hydrogens is 657 g/mol. The first kappa shape index (κ1) is 34.9. The predicted octanol–water partition coefficient (Wildman–Crippen LogP) is 6.09. The van der Waals surface area contributed by atoms with E-state index in [9.17, 15) is 9.59 Å². The lowest BCUT2D eigenvalue weighted by atomic mass is 9.87. The van der Waals surface area contributed by atoms with Crippen LogP contribution in [0.2, 0.25) is 5.02 Å². The molecule has 0 spiro atoms. The zero-order chi connectivity index (χ0) is 30.2. The number of carbonyl (C=O) groups is 1. The number of carbonyl (C=O) groups excluding carboxylic acids is 2. The summed E-state index contributed by atoms with van der Waals surface area (Å²) in [6.45, 7) is 6.56. The number of hydrogen-bond acceptors (Lipinski definition) is 10. The number of nitrogens with zero attached hydrogens (tertiary/aromatic N) is 4. The molecule has 3 aromatic rings. The Morgan fingerprint density at radius 3 is 2.67 bits per heavy atom. The fourth-order valence-electron chi connectivity index (χ4n) is 6.12. The summed E-state index contributed by atoms with van der Waals surface area (Å²) in [4.78, 5) is 38.6. The summed E-state index contributed by atoms with van der Waals surface area (Å²) < 4.78 is 12.2. The summed E-state index contributed by atoms with van der Waals surface area (Å²) in [5.41, 5.74) is 6.01. The molecular formula is C32H36Cl3N5O4S. The molecule has 4 heterocycles. The van der Waals surface area contributed by atoms with Crippen molar-refractivity contribution in [2.24, 2.45) is 4.99 Å². The molecule has 2 aromatic heterocycles. The Balaban J connectivity index is 0.00000230. The van der Waals surface area contributed by atoms with Gasteiger partial charge in [-0.3, -0.25) is 9.88 Å². The molecule has 1 aromatic carbocycles. The van der Waals surface area contributed by atoms with Gasteiger partial charge in [-0.05, 0) is 64.4 Å². The zero-order valence-corrected chi connectivity index (χ0v) is 28.7. The second-order valence-corrected chi connectivity index (χ2v) is 12.5. The van der Waals surface area contributed by atoms with Crippen molar-refractivity contribution in [1.82, 2.24) is 20.1 Å². The Hall–Kier alpha value is -2.95. The molecule has 2 aliphatic heterocycles. The molecule has 0 amide bonds. The van der Waals surface area contributed by atoms with Crippen molar-refractivity contribution in [1.29, 1.82) is 0 Å². The third-order valence-corrected chi connectivity index (χ3v) is 9.85. The van der Waals surface area contributed by atoms with Crippen molar-refractivity contribution < 1.29 is 19.1 Å². The molecule has 13 heteroatoms. The molecule has 9 nitrogen and oxygen atoms in total. The van der Waals surface area contributed by atoms with E-state index in [1.807, 2.05) is 36.9 Å². The number of amidine groups is 1. The lowest BCUT2D eigenvalue weighted by Crippen LogP contribution is -2.59. The van der Waals surface area contributed by atoms with Crippen molar-refractivity contribution in [2.45, 2.75) is 45.2 Å². The highest BCUT2D eigenvalue weighted by atomic mass is 35.5. The van der Waals surface area contributed by atoms with Gasteiger partial charge >= 0.3 is 5.97 Å². The Morgan fingerprint density at radius 2 is 1.98 bits per heavy atom. The first-order valence-electron chi connectivity index (χ1n) is 14.4. The van der Waals surface area contributed by atoms with Crippen molar-refractivity contribution >= 4 is 75.7 Å². The van der Waals surface area contributed by atoms with Crippen molar-refractivity contribution in [3.8, 4) is 16.9 Å². The summed E-state index contributed by atoms with van der Waals surface area (Å²) in [5.74, 6) is 3.23. The maximum Gasteiger partial charge on any atom is 0.340 e. The molecule has 1 atom stereocenters. The van der Waals surface area contributed by atoms with Gasteiger partial charge in [-0.25, -0.2) is 14.6 Å². The van der Waals surface area contributed by atoms with E-state index in [2.05, 4.69) is 28.2 Å². The van der Waals surface area contributed by atoms with Crippen LogP contribution in [0.5, 0.6) is 5.75 Å². The number of thiophene rings is 1. The van der Waals surface area contributed by atoms with Gasteiger partial charge in [0.2, 0.25) is 0 Å². The number of esters is 1. The average Bonchev–Trinajstić information content (AvgIpc) is 3.39. The highest BCUT2D eigenvalue weighted by Gasteiger charge is 2.35. The van der Waals surface area contributed by atoms with Gasteiger partial charge in [-0.2, -0.15) is 0 Å². The topological polar surface area (TPSA) is 96.4 Å². The normalized spacial score (nSPS) is 18.0. The van der Waals surface area contributed by atoms with Gasteiger partial charge in [0.15, 0.2) is 5.94 Å². The second-order valence-electron chi connectivity index (χ2n) is 11.2. The van der Waals surface area contributed by atoms with E-state index >= 15 is 0 Å². The average molecular weight is 693 g/mol.